The highest BCUT2D eigenvalue weighted by Gasteiger charge is 2.44. The number of pyridine rings is 1. The van der Waals surface area contributed by atoms with Crippen LogP contribution in [0.5, 0.6) is 0 Å². The van der Waals surface area contributed by atoms with Gasteiger partial charge in [0.05, 0.1) is 6.10 Å². The first-order valence-corrected chi connectivity index (χ1v) is 7.76. The van der Waals surface area contributed by atoms with E-state index in [-0.39, 0.29) is 11.6 Å². The molecule has 112 valence electrons. The second kappa shape index (κ2) is 6.55. The van der Waals surface area contributed by atoms with Gasteiger partial charge in [0.15, 0.2) is 0 Å². The fourth-order valence-corrected chi connectivity index (χ4v) is 3.72. The Morgan fingerprint density at radius 3 is 2.55 bits per heavy atom. The van der Waals surface area contributed by atoms with Gasteiger partial charge >= 0.3 is 0 Å². The highest BCUT2D eigenvalue weighted by Crippen LogP contribution is 2.39. The van der Waals surface area contributed by atoms with Crippen LogP contribution in [0.25, 0.3) is 0 Å². The number of anilines is 1. The zero-order valence-corrected chi connectivity index (χ0v) is 12.7. The third kappa shape index (κ3) is 2.81. The van der Waals surface area contributed by atoms with Crippen LogP contribution < -0.4 is 5.73 Å². The van der Waals surface area contributed by atoms with Gasteiger partial charge in [-0.15, -0.1) is 0 Å². The summed E-state index contributed by atoms with van der Waals surface area (Å²) in [6.45, 7) is 6.32. The molecule has 4 nitrogen and oxygen atoms in total. The summed E-state index contributed by atoms with van der Waals surface area (Å²) in [5.74, 6) is 0.541. The van der Waals surface area contributed by atoms with Crippen LogP contribution in [0.15, 0.2) is 18.3 Å². The maximum Gasteiger partial charge on any atom is 0.126 e. The van der Waals surface area contributed by atoms with Crippen molar-refractivity contribution in [2.75, 3.05) is 18.8 Å². The van der Waals surface area contributed by atoms with Gasteiger partial charge in [-0.25, -0.2) is 4.98 Å². The van der Waals surface area contributed by atoms with Gasteiger partial charge in [0.1, 0.15) is 5.82 Å². The van der Waals surface area contributed by atoms with Crippen molar-refractivity contribution in [3.8, 4) is 0 Å². The van der Waals surface area contributed by atoms with Crippen molar-refractivity contribution in [3.63, 3.8) is 0 Å². The van der Waals surface area contributed by atoms with E-state index in [1.165, 1.54) is 12.8 Å². The van der Waals surface area contributed by atoms with Gasteiger partial charge in [0.2, 0.25) is 0 Å². The molecule has 1 fully saturated rings. The van der Waals surface area contributed by atoms with Gasteiger partial charge in [0, 0.05) is 18.2 Å². The normalized spacial score (nSPS) is 19.4. The van der Waals surface area contributed by atoms with Crippen molar-refractivity contribution in [1.82, 2.24) is 9.88 Å². The van der Waals surface area contributed by atoms with Crippen LogP contribution in [0, 0.1) is 0 Å². The number of aliphatic hydroxyl groups is 1. The maximum atomic E-state index is 10.9. The Morgan fingerprint density at radius 2 is 2.00 bits per heavy atom. The monoisotopic (exact) mass is 277 g/mol. The predicted octanol–water partition coefficient (Wildman–Crippen LogP) is 2.22. The summed E-state index contributed by atoms with van der Waals surface area (Å²) >= 11 is 0. The van der Waals surface area contributed by atoms with Gasteiger partial charge in [0.25, 0.3) is 0 Å². The van der Waals surface area contributed by atoms with Gasteiger partial charge in [-0.3, -0.25) is 4.90 Å². The Kier molecular flexibility index (Phi) is 5.00. The molecule has 1 aliphatic carbocycles. The van der Waals surface area contributed by atoms with Crippen LogP contribution in [0.3, 0.4) is 0 Å². The number of nitrogens with two attached hydrogens (primary N) is 1. The van der Waals surface area contributed by atoms with Crippen molar-refractivity contribution in [2.45, 2.75) is 57.6 Å². The summed E-state index contributed by atoms with van der Waals surface area (Å²) in [4.78, 5) is 6.55. The van der Waals surface area contributed by atoms with E-state index < -0.39 is 0 Å². The Balaban J connectivity index is 2.19. The van der Waals surface area contributed by atoms with Gasteiger partial charge < -0.3 is 10.8 Å². The molecule has 3 N–H and O–H groups in total. The molecule has 1 unspecified atom stereocenters. The van der Waals surface area contributed by atoms with Gasteiger partial charge in [-0.2, -0.15) is 0 Å². The number of nitrogen functional groups attached to an aromatic ring is 1. The topological polar surface area (TPSA) is 62.4 Å². The van der Waals surface area contributed by atoms with Crippen molar-refractivity contribution in [3.05, 3.63) is 23.9 Å². The zero-order valence-electron chi connectivity index (χ0n) is 12.7. The summed E-state index contributed by atoms with van der Waals surface area (Å²) in [7, 11) is 0. The minimum atomic E-state index is -0.378. The Hall–Kier alpha value is -1.13. The number of hydrogen-bond donors (Lipinski definition) is 2. The number of rotatable bonds is 6. The largest absolute Gasteiger partial charge is 0.391 e. The molecular weight excluding hydrogens is 250 g/mol. The van der Waals surface area contributed by atoms with Crippen LogP contribution >= 0.6 is 0 Å². The molecule has 0 amide bonds. The molecule has 0 aromatic carbocycles. The van der Waals surface area contributed by atoms with E-state index in [4.69, 9.17) is 5.73 Å². The summed E-state index contributed by atoms with van der Waals surface area (Å²) in [5, 5.41) is 10.9. The number of aliphatic hydroxyl groups excluding tert-OH is 1. The summed E-state index contributed by atoms with van der Waals surface area (Å²) in [6.07, 6.45) is 6.48. The molecule has 1 atom stereocenters. The lowest BCUT2D eigenvalue weighted by Crippen LogP contribution is -2.55. The standard InChI is InChI=1S/C16H27N3O/c1-3-19(4-2)16(9-5-6-10-16)14(20)12-13-8-7-11-18-15(13)17/h7-8,11,14,20H,3-6,9-10,12H2,1-2H3,(H2,17,18). The van der Waals surface area contributed by atoms with Gasteiger partial charge in [-0.1, -0.05) is 32.8 Å². The Bertz CT molecular complexity index is 425. The van der Waals surface area contributed by atoms with E-state index in [9.17, 15) is 5.11 Å². The van der Waals surface area contributed by atoms with E-state index in [1.54, 1.807) is 6.20 Å². The fraction of sp³-hybridized carbons (Fsp3) is 0.688. The quantitative estimate of drug-likeness (QED) is 0.837. The first kappa shape index (κ1) is 15.3. The smallest absolute Gasteiger partial charge is 0.126 e. The zero-order chi connectivity index (χ0) is 14.6. The molecule has 0 radical (unpaired) electrons. The van der Waals surface area contributed by atoms with E-state index in [1.807, 2.05) is 12.1 Å². The molecule has 1 aromatic heterocycles. The second-order valence-electron chi connectivity index (χ2n) is 5.75. The minimum absolute atomic E-state index is 0.0776. The van der Waals surface area contributed by atoms with Crippen LogP contribution in [0.2, 0.25) is 0 Å². The number of nitrogens with zero attached hydrogens (tertiary/aromatic N) is 2. The molecule has 1 heterocycles. The SMILES string of the molecule is CCN(CC)C1(C(O)Cc2cccnc2N)CCCC1. The summed E-state index contributed by atoms with van der Waals surface area (Å²) in [5.41, 5.74) is 6.80. The number of aromatic nitrogens is 1. The second-order valence-corrected chi connectivity index (χ2v) is 5.75. The maximum absolute atomic E-state index is 10.9. The first-order chi connectivity index (χ1) is 9.64. The predicted molar refractivity (Wildman–Crippen MR) is 82.5 cm³/mol. The lowest BCUT2D eigenvalue weighted by molar-refractivity contribution is -0.0244. The van der Waals surface area contributed by atoms with Crippen molar-refractivity contribution in [2.24, 2.45) is 0 Å². The molecule has 2 rings (SSSR count). The molecule has 0 spiro atoms. The summed E-state index contributed by atoms with van der Waals surface area (Å²) < 4.78 is 0. The van der Waals surface area contributed by atoms with Crippen molar-refractivity contribution < 1.29 is 5.11 Å². The third-order valence-electron chi connectivity index (χ3n) is 4.82. The lowest BCUT2D eigenvalue weighted by atomic mass is 9.84. The molecule has 1 aromatic rings. The van der Waals surface area contributed by atoms with Crippen LogP contribution in [0.1, 0.15) is 45.1 Å². The van der Waals surface area contributed by atoms with Crippen LogP contribution in [-0.2, 0) is 6.42 Å². The molecule has 0 aliphatic heterocycles. The minimum Gasteiger partial charge on any atom is -0.391 e. The highest BCUT2D eigenvalue weighted by atomic mass is 16.3. The van der Waals surface area contributed by atoms with E-state index in [0.29, 0.717) is 12.2 Å². The number of hydrogen-bond acceptors (Lipinski definition) is 4. The average Bonchev–Trinajstić information content (AvgIpc) is 2.93. The Morgan fingerprint density at radius 1 is 1.35 bits per heavy atom. The lowest BCUT2D eigenvalue weighted by Gasteiger charge is -2.44. The average molecular weight is 277 g/mol. The third-order valence-corrected chi connectivity index (χ3v) is 4.82. The van der Waals surface area contributed by atoms with Crippen molar-refractivity contribution >= 4 is 5.82 Å². The summed E-state index contributed by atoms with van der Waals surface area (Å²) in [6, 6.07) is 3.85. The first-order valence-electron chi connectivity index (χ1n) is 7.76. The van der Waals surface area contributed by atoms with Crippen molar-refractivity contribution in [1.29, 1.82) is 0 Å². The molecule has 20 heavy (non-hydrogen) atoms. The van der Waals surface area contributed by atoms with E-state index in [2.05, 4.69) is 23.7 Å². The highest BCUT2D eigenvalue weighted by molar-refractivity contribution is 5.39. The van der Waals surface area contributed by atoms with E-state index in [0.717, 1.165) is 31.5 Å². The number of likely N-dealkylation sites (N-methyl/N-ethyl adjacent to an activating group) is 1. The molecule has 1 aliphatic rings. The van der Waals surface area contributed by atoms with Crippen LogP contribution in [0.4, 0.5) is 5.82 Å². The van der Waals surface area contributed by atoms with Crippen LogP contribution in [-0.4, -0.2) is 39.7 Å². The molecule has 4 heteroatoms. The molecule has 1 saturated carbocycles. The fourth-order valence-electron chi connectivity index (χ4n) is 3.72. The van der Waals surface area contributed by atoms with Gasteiger partial charge in [-0.05, 0) is 37.6 Å². The molecule has 0 bridgehead atoms. The Labute approximate surface area is 122 Å². The molecular formula is C16H27N3O. The van der Waals surface area contributed by atoms with E-state index >= 15 is 0 Å². The molecule has 0 saturated heterocycles.